The maximum absolute atomic E-state index is 13.8. The first-order valence-electron chi connectivity index (χ1n) is 7.91. The fraction of sp³-hybridized carbons (Fsp3) is 0.316. The topological polar surface area (TPSA) is 20.3 Å². The van der Waals surface area contributed by atoms with Crippen LogP contribution in [0.2, 0.25) is 5.02 Å². The van der Waals surface area contributed by atoms with Crippen molar-refractivity contribution in [2.24, 2.45) is 0 Å². The molecule has 1 amide bonds. The number of hydrogen-bond donors (Lipinski definition) is 0. The summed E-state index contributed by atoms with van der Waals surface area (Å²) >= 11 is 5.97. The molecule has 2 aromatic rings. The van der Waals surface area contributed by atoms with Gasteiger partial charge in [0.1, 0.15) is 5.82 Å². The van der Waals surface area contributed by atoms with Crippen molar-refractivity contribution < 1.29 is 9.18 Å². The van der Waals surface area contributed by atoms with Crippen molar-refractivity contribution in [3.05, 3.63) is 70.5 Å². The normalized spacial score (nSPS) is 13.8. The number of aryl methyl sites for hydroxylation is 1. The zero-order chi connectivity index (χ0) is 16.2. The Morgan fingerprint density at radius 1 is 1.17 bits per heavy atom. The van der Waals surface area contributed by atoms with Gasteiger partial charge in [-0.05, 0) is 43.0 Å². The molecule has 0 aromatic heterocycles. The summed E-state index contributed by atoms with van der Waals surface area (Å²) in [5.41, 5.74) is 1.63. The Hall–Kier alpha value is -1.87. The highest BCUT2D eigenvalue weighted by molar-refractivity contribution is 6.30. The smallest absolute Gasteiger partial charge is 0.223 e. The molecule has 1 fully saturated rings. The van der Waals surface area contributed by atoms with E-state index in [2.05, 4.69) is 0 Å². The average molecular weight is 332 g/mol. The summed E-state index contributed by atoms with van der Waals surface area (Å²) in [6, 6.07) is 14.5. The van der Waals surface area contributed by atoms with Gasteiger partial charge in [-0.2, -0.15) is 0 Å². The summed E-state index contributed by atoms with van der Waals surface area (Å²) in [5.74, 6) is -0.170. The summed E-state index contributed by atoms with van der Waals surface area (Å²) in [6.07, 6.45) is 3.10. The van der Waals surface area contributed by atoms with Gasteiger partial charge in [-0.15, -0.1) is 0 Å². The molecule has 0 unspecified atom stereocenters. The molecule has 3 rings (SSSR count). The molecule has 0 heterocycles. The lowest BCUT2D eigenvalue weighted by Crippen LogP contribution is -2.33. The monoisotopic (exact) mass is 331 g/mol. The average Bonchev–Trinajstić information content (AvgIpc) is 3.37. The number of carbonyl (C=O) groups excluding carboxylic acids is 1. The Kier molecular flexibility index (Phi) is 4.97. The summed E-state index contributed by atoms with van der Waals surface area (Å²) in [5, 5.41) is 0.681. The van der Waals surface area contributed by atoms with Crippen LogP contribution in [0.25, 0.3) is 0 Å². The number of nitrogens with zero attached hydrogens (tertiary/aromatic N) is 1. The van der Waals surface area contributed by atoms with Crippen molar-refractivity contribution in [2.75, 3.05) is 0 Å². The van der Waals surface area contributed by atoms with Gasteiger partial charge in [0.15, 0.2) is 0 Å². The quantitative estimate of drug-likeness (QED) is 0.757. The minimum absolute atomic E-state index is 0.0794. The molecule has 0 radical (unpaired) electrons. The highest BCUT2D eigenvalue weighted by Crippen LogP contribution is 2.29. The molecule has 2 nitrogen and oxygen atoms in total. The highest BCUT2D eigenvalue weighted by Gasteiger charge is 2.32. The molecular weight excluding hydrogens is 313 g/mol. The van der Waals surface area contributed by atoms with Gasteiger partial charge in [0, 0.05) is 29.6 Å². The fourth-order valence-electron chi connectivity index (χ4n) is 2.70. The maximum Gasteiger partial charge on any atom is 0.223 e. The predicted molar refractivity (Wildman–Crippen MR) is 89.7 cm³/mol. The fourth-order valence-corrected chi connectivity index (χ4v) is 2.92. The van der Waals surface area contributed by atoms with Crippen LogP contribution >= 0.6 is 11.6 Å². The minimum atomic E-state index is -0.249. The molecule has 2 aromatic carbocycles. The summed E-state index contributed by atoms with van der Waals surface area (Å²) in [6.45, 7) is 0.353. The van der Waals surface area contributed by atoms with Crippen LogP contribution in [0.1, 0.15) is 30.4 Å². The maximum atomic E-state index is 13.8. The number of hydrogen-bond acceptors (Lipinski definition) is 1. The second-order valence-electron chi connectivity index (χ2n) is 5.97. The zero-order valence-electron chi connectivity index (χ0n) is 12.8. The van der Waals surface area contributed by atoms with Crippen molar-refractivity contribution in [1.29, 1.82) is 0 Å². The standard InChI is InChI=1S/C19H19ClFNO/c20-16-6-3-4-14(12-16)8-11-19(23)22(17-9-10-17)13-15-5-1-2-7-18(15)21/h1-7,12,17H,8-11,13H2. The third-order valence-electron chi connectivity index (χ3n) is 4.12. The molecule has 1 saturated carbocycles. The Labute approximate surface area is 140 Å². The second-order valence-corrected chi connectivity index (χ2v) is 6.41. The van der Waals surface area contributed by atoms with Crippen molar-refractivity contribution in [2.45, 2.75) is 38.3 Å². The van der Waals surface area contributed by atoms with E-state index in [1.54, 1.807) is 18.2 Å². The van der Waals surface area contributed by atoms with Gasteiger partial charge >= 0.3 is 0 Å². The van der Waals surface area contributed by atoms with Crippen LogP contribution in [-0.2, 0) is 17.8 Å². The summed E-state index contributed by atoms with van der Waals surface area (Å²) < 4.78 is 13.8. The Bertz CT molecular complexity index is 699. The van der Waals surface area contributed by atoms with Crippen LogP contribution in [-0.4, -0.2) is 16.8 Å². The second kappa shape index (κ2) is 7.14. The Morgan fingerprint density at radius 3 is 2.65 bits per heavy atom. The van der Waals surface area contributed by atoms with Crippen LogP contribution in [0.4, 0.5) is 4.39 Å². The van der Waals surface area contributed by atoms with Crippen LogP contribution in [0.15, 0.2) is 48.5 Å². The number of carbonyl (C=O) groups is 1. The van der Waals surface area contributed by atoms with E-state index in [4.69, 9.17) is 11.6 Å². The van der Waals surface area contributed by atoms with Gasteiger partial charge < -0.3 is 4.90 Å². The Morgan fingerprint density at radius 2 is 1.96 bits per heavy atom. The van der Waals surface area contributed by atoms with Gasteiger partial charge in [-0.3, -0.25) is 4.79 Å². The van der Waals surface area contributed by atoms with Gasteiger partial charge in [0.05, 0.1) is 0 Å². The molecule has 120 valence electrons. The molecule has 23 heavy (non-hydrogen) atoms. The lowest BCUT2D eigenvalue weighted by molar-refractivity contribution is -0.132. The number of amides is 1. The molecule has 0 bridgehead atoms. The molecule has 0 spiro atoms. The van der Waals surface area contributed by atoms with E-state index >= 15 is 0 Å². The van der Waals surface area contributed by atoms with E-state index in [-0.39, 0.29) is 17.8 Å². The summed E-state index contributed by atoms with van der Waals surface area (Å²) in [7, 11) is 0. The van der Waals surface area contributed by atoms with E-state index in [1.807, 2.05) is 29.2 Å². The molecule has 0 aliphatic heterocycles. The van der Waals surface area contributed by atoms with E-state index in [0.29, 0.717) is 30.0 Å². The van der Waals surface area contributed by atoms with Crippen LogP contribution < -0.4 is 0 Å². The van der Waals surface area contributed by atoms with E-state index in [9.17, 15) is 9.18 Å². The number of rotatable bonds is 6. The molecule has 1 aliphatic carbocycles. The lowest BCUT2D eigenvalue weighted by atomic mass is 10.1. The van der Waals surface area contributed by atoms with Crippen molar-refractivity contribution in [3.8, 4) is 0 Å². The lowest BCUT2D eigenvalue weighted by Gasteiger charge is -2.23. The van der Waals surface area contributed by atoms with Gasteiger partial charge in [-0.1, -0.05) is 41.9 Å². The third kappa shape index (κ3) is 4.32. The predicted octanol–water partition coefficient (Wildman–Crippen LogP) is 4.60. The van der Waals surface area contributed by atoms with Crippen LogP contribution in [0, 0.1) is 5.82 Å². The first-order valence-corrected chi connectivity index (χ1v) is 8.28. The molecular formula is C19H19ClFNO. The molecule has 0 saturated heterocycles. The van der Waals surface area contributed by atoms with Gasteiger partial charge in [0.2, 0.25) is 5.91 Å². The largest absolute Gasteiger partial charge is 0.335 e. The number of benzene rings is 2. The van der Waals surface area contributed by atoms with Gasteiger partial charge in [0.25, 0.3) is 0 Å². The molecule has 1 aliphatic rings. The SMILES string of the molecule is O=C(CCc1cccc(Cl)c1)N(Cc1ccccc1F)C1CC1. The summed E-state index contributed by atoms with van der Waals surface area (Å²) in [4.78, 5) is 14.4. The molecule has 4 heteroatoms. The van der Waals surface area contributed by atoms with E-state index in [0.717, 1.165) is 18.4 Å². The van der Waals surface area contributed by atoms with Crippen molar-refractivity contribution >= 4 is 17.5 Å². The first-order chi connectivity index (χ1) is 11.1. The van der Waals surface area contributed by atoms with Crippen LogP contribution in [0.3, 0.4) is 0 Å². The Balaban J connectivity index is 1.64. The van der Waals surface area contributed by atoms with Crippen molar-refractivity contribution in [3.63, 3.8) is 0 Å². The van der Waals surface area contributed by atoms with Crippen LogP contribution in [0.5, 0.6) is 0 Å². The number of halogens is 2. The van der Waals surface area contributed by atoms with Crippen molar-refractivity contribution in [1.82, 2.24) is 4.90 Å². The third-order valence-corrected chi connectivity index (χ3v) is 4.36. The highest BCUT2D eigenvalue weighted by atomic mass is 35.5. The van der Waals surface area contributed by atoms with E-state index < -0.39 is 0 Å². The minimum Gasteiger partial charge on any atom is -0.335 e. The van der Waals surface area contributed by atoms with E-state index in [1.165, 1.54) is 6.07 Å². The molecule has 0 N–H and O–H groups in total. The van der Waals surface area contributed by atoms with Gasteiger partial charge in [-0.25, -0.2) is 4.39 Å². The zero-order valence-corrected chi connectivity index (χ0v) is 13.6. The first kappa shape index (κ1) is 16.0. The molecule has 0 atom stereocenters.